The highest BCUT2D eigenvalue weighted by Crippen LogP contribution is 2.34. The summed E-state index contributed by atoms with van der Waals surface area (Å²) >= 11 is 12.3. The molecule has 0 aliphatic carbocycles. The van der Waals surface area contributed by atoms with Crippen LogP contribution < -0.4 is 0 Å². The van der Waals surface area contributed by atoms with Gasteiger partial charge in [-0.1, -0.05) is 23.2 Å². The van der Waals surface area contributed by atoms with E-state index in [4.69, 9.17) is 23.2 Å². The number of Topliss-reactive ketones (excluding diaryl/α,β-unsaturated/α-hetero) is 1. The first-order chi connectivity index (χ1) is 9.29. The third kappa shape index (κ3) is 3.52. The Balaban J connectivity index is 3.57. The first-order valence-electron chi connectivity index (χ1n) is 5.75. The summed E-state index contributed by atoms with van der Waals surface area (Å²) in [6.07, 6.45) is 1.61. The number of rotatable bonds is 4. The summed E-state index contributed by atoms with van der Waals surface area (Å²) in [5.74, 6) is -0.787. The topological polar surface area (TPSA) is 46.6 Å². The molecule has 0 bridgehead atoms. The molecule has 0 N–H and O–H groups in total. The zero-order valence-electron chi connectivity index (χ0n) is 11.7. The molecule has 0 radical (unpaired) electrons. The van der Waals surface area contributed by atoms with Crippen molar-refractivity contribution in [1.82, 2.24) is 4.90 Å². The molecule has 20 heavy (non-hydrogen) atoms. The summed E-state index contributed by atoms with van der Waals surface area (Å²) < 4.78 is 4.65. The first-order valence-corrected chi connectivity index (χ1v) is 6.51. The molecule has 0 saturated carbocycles. The Morgan fingerprint density at radius 1 is 1.25 bits per heavy atom. The van der Waals surface area contributed by atoms with E-state index in [0.29, 0.717) is 16.2 Å². The SMILES string of the molecule is COC(=O)c1ccc(Cl)c(C(=CN(C)C)C(C)=O)c1Cl. The van der Waals surface area contributed by atoms with Crippen LogP contribution in [0.25, 0.3) is 5.57 Å². The highest BCUT2D eigenvalue weighted by molar-refractivity contribution is 6.42. The van der Waals surface area contributed by atoms with Crippen molar-refractivity contribution >= 4 is 40.5 Å². The normalized spacial score (nSPS) is 11.2. The predicted octanol–water partition coefficient (Wildman–Crippen LogP) is 3.27. The van der Waals surface area contributed by atoms with E-state index in [-0.39, 0.29) is 16.4 Å². The number of nitrogens with zero attached hydrogens (tertiary/aromatic N) is 1. The molecule has 6 heteroatoms. The fourth-order valence-electron chi connectivity index (χ4n) is 1.66. The van der Waals surface area contributed by atoms with Crippen molar-refractivity contribution in [3.05, 3.63) is 39.5 Å². The molecule has 0 fully saturated rings. The third-order valence-corrected chi connectivity index (χ3v) is 3.24. The molecule has 1 rings (SSSR count). The van der Waals surface area contributed by atoms with Gasteiger partial charge in [0.05, 0.1) is 22.7 Å². The molecule has 0 aliphatic heterocycles. The quantitative estimate of drug-likeness (QED) is 0.632. The smallest absolute Gasteiger partial charge is 0.339 e. The van der Waals surface area contributed by atoms with Gasteiger partial charge in [-0.2, -0.15) is 0 Å². The van der Waals surface area contributed by atoms with E-state index >= 15 is 0 Å². The molecule has 0 heterocycles. The fourth-order valence-corrected chi connectivity index (χ4v) is 2.31. The average Bonchev–Trinajstić information content (AvgIpc) is 2.36. The summed E-state index contributed by atoms with van der Waals surface area (Å²) in [5, 5.41) is 0.401. The maximum Gasteiger partial charge on any atom is 0.339 e. The van der Waals surface area contributed by atoms with E-state index in [1.54, 1.807) is 25.2 Å². The minimum Gasteiger partial charge on any atom is -0.465 e. The van der Waals surface area contributed by atoms with E-state index < -0.39 is 5.97 Å². The number of carbonyl (C=O) groups is 2. The molecule has 0 aliphatic rings. The molecule has 4 nitrogen and oxygen atoms in total. The maximum atomic E-state index is 11.8. The zero-order chi connectivity index (χ0) is 15.4. The van der Waals surface area contributed by atoms with Crippen LogP contribution in [0.5, 0.6) is 0 Å². The Morgan fingerprint density at radius 3 is 2.30 bits per heavy atom. The predicted molar refractivity (Wildman–Crippen MR) is 80.1 cm³/mol. The monoisotopic (exact) mass is 315 g/mol. The van der Waals surface area contributed by atoms with Gasteiger partial charge in [0.25, 0.3) is 0 Å². The Hall–Kier alpha value is -1.52. The van der Waals surface area contributed by atoms with Gasteiger partial charge < -0.3 is 9.64 Å². The van der Waals surface area contributed by atoms with Gasteiger partial charge in [-0.3, -0.25) is 4.79 Å². The van der Waals surface area contributed by atoms with Gasteiger partial charge in [-0.25, -0.2) is 4.79 Å². The van der Waals surface area contributed by atoms with Gasteiger partial charge in [0, 0.05) is 31.4 Å². The minimum absolute atomic E-state index is 0.104. The number of allylic oxidation sites excluding steroid dienone is 1. The van der Waals surface area contributed by atoms with E-state index in [0.717, 1.165) is 0 Å². The molecule has 1 aromatic rings. The minimum atomic E-state index is -0.583. The number of benzene rings is 1. The van der Waals surface area contributed by atoms with Crippen LogP contribution in [0.2, 0.25) is 10.0 Å². The van der Waals surface area contributed by atoms with E-state index in [1.165, 1.54) is 26.2 Å². The van der Waals surface area contributed by atoms with Crippen LogP contribution in [-0.4, -0.2) is 37.9 Å². The molecular formula is C14H15Cl2NO3. The lowest BCUT2D eigenvalue weighted by atomic mass is 10.0. The zero-order valence-corrected chi connectivity index (χ0v) is 13.2. The second kappa shape index (κ2) is 6.77. The number of methoxy groups -OCH3 is 1. The highest BCUT2D eigenvalue weighted by atomic mass is 35.5. The van der Waals surface area contributed by atoms with Gasteiger partial charge in [-0.05, 0) is 19.1 Å². The summed E-state index contributed by atoms with van der Waals surface area (Å²) in [6.45, 7) is 1.41. The average molecular weight is 316 g/mol. The standard InChI is InChI=1S/C14H15Cl2NO3/c1-8(18)10(7-17(2)3)12-11(15)6-5-9(13(12)16)14(19)20-4/h5-7H,1-4H3. The number of halogens is 2. The summed E-state index contributed by atoms with van der Waals surface area (Å²) in [6, 6.07) is 2.98. The van der Waals surface area contributed by atoms with Crippen LogP contribution in [0.1, 0.15) is 22.8 Å². The maximum absolute atomic E-state index is 11.8. The van der Waals surface area contributed by atoms with Gasteiger partial charge in [0.1, 0.15) is 0 Å². The number of hydrogen-bond donors (Lipinski definition) is 0. The lowest BCUT2D eigenvalue weighted by Gasteiger charge is -2.14. The third-order valence-electron chi connectivity index (χ3n) is 2.53. The number of esters is 1. The van der Waals surface area contributed by atoms with Crippen molar-refractivity contribution < 1.29 is 14.3 Å². The van der Waals surface area contributed by atoms with Gasteiger partial charge in [0.2, 0.25) is 0 Å². The van der Waals surface area contributed by atoms with Gasteiger partial charge >= 0.3 is 5.97 Å². The largest absolute Gasteiger partial charge is 0.465 e. The molecule has 0 saturated heterocycles. The molecule has 0 aromatic heterocycles. The first kappa shape index (κ1) is 16.5. The van der Waals surface area contributed by atoms with Crippen LogP contribution in [0.4, 0.5) is 0 Å². The summed E-state index contributed by atoms with van der Waals surface area (Å²) in [4.78, 5) is 25.2. The summed E-state index contributed by atoms with van der Waals surface area (Å²) in [5.41, 5.74) is 0.827. The van der Waals surface area contributed by atoms with Crippen LogP contribution in [-0.2, 0) is 9.53 Å². The van der Waals surface area contributed by atoms with Crippen LogP contribution in [0, 0.1) is 0 Å². The number of ether oxygens (including phenoxy) is 1. The van der Waals surface area contributed by atoms with Gasteiger partial charge in [0.15, 0.2) is 5.78 Å². The second-order valence-corrected chi connectivity index (χ2v) is 5.12. The number of hydrogen-bond acceptors (Lipinski definition) is 4. The Morgan fingerprint density at radius 2 is 1.85 bits per heavy atom. The molecule has 1 aromatic carbocycles. The Bertz CT molecular complexity index is 580. The van der Waals surface area contributed by atoms with Crippen molar-refractivity contribution in [2.24, 2.45) is 0 Å². The molecule has 108 valence electrons. The Labute approximate surface area is 127 Å². The van der Waals surface area contributed by atoms with E-state index in [9.17, 15) is 9.59 Å². The molecule has 0 spiro atoms. The summed E-state index contributed by atoms with van der Waals surface area (Å²) in [7, 11) is 4.80. The Kier molecular flexibility index (Phi) is 5.60. The molecule has 0 amide bonds. The van der Waals surface area contributed by atoms with Crippen LogP contribution in [0.15, 0.2) is 18.3 Å². The molecule has 0 unspecified atom stereocenters. The number of ketones is 1. The molecule has 0 atom stereocenters. The van der Waals surface area contributed by atoms with Crippen molar-refractivity contribution in [2.75, 3.05) is 21.2 Å². The van der Waals surface area contributed by atoms with Gasteiger partial charge in [-0.15, -0.1) is 0 Å². The lowest BCUT2D eigenvalue weighted by Crippen LogP contribution is -2.09. The van der Waals surface area contributed by atoms with Crippen LogP contribution >= 0.6 is 23.2 Å². The fraction of sp³-hybridized carbons (Fsp3) is 0.286. The van der Waals surface area contributed by atoms with E-state index in [2.05, 4.69) is 4.74 Å². The van der Waals surface area contributed by atoms with E-state index in [1.807, 2.05) is 0 Å². The van der Waals surface area contributed by atoms with Crippen molar-refractivity contribution in [1.29, 1.82) is 0 Å². The van der Waals surface area contributed by atoms with Crippen molar-refractivity contribution in [3.8, 4) is 0 Å². The van der Waals surface area contributed by atoms with Crippen LogP contribution in [0.3, 0.4) is 0 Å². The molecular weight excluding hydrogens is 301 g/mol. The van der Waals surface area contributed by atoms with Crippen molar-refractivity contribution in [2.45, 2.75) is 6.92 Å². The highest BCUT2D eigenvalue weighted by Gasteiger charge is 2.21. The number of carbonyl (C=O) groups excluding carboxylic acids is 2. The van der Waals surface area contributed by atoms with Crippen molar-refractivity contribution in [3.63, 3.8) is 0 Å². The lowest BCUT2D eigenvalue weighted by molar-refractivity contribution is -0.111. The second-order valence-electron chi connectivity index (χ2n) is 4.34.